The van der Waals surface area contributed by atoms with E-state index >= 15 is 0 Å². The van der Waals surface area contributed by atoms with Crippen molar-refractivity contribution in [1.82, 2.24) is 20.1 Å². The quantitative estimate of drug-likeness (QED) is 0.578. The van der Waals surface area contributed by atoms with E-state index in [1.807, 2.05) is 33.9 Å². The number of nitrogens with one attached hydrogen (secondary N) is 1. The van der Waals surface area contributed by atoms with Gasteiger partial charge in [-0.05, 0) is 96.4 Å². The molecule has 1 aromatic carbocycles. The van der Waals surface area contributed by atoms with Crippen LogP contribution in [0.4, 0.5) is 16.0 Å². The van der Waals surface area contributed by atoms with Gasteiger partial charge in [0.15, 0.2) is 5.82 Å². The molecule has 1 saturated heterocycles. The minimum Gasteiger partial charge on any atom is -0.362 e. The lowest BCUT2D eigenvalue weighted by Gasteiger charge is -2.44. The summed E-state index contributed by atoms with van der Waals surface area (Å²) >= 11 is 0. The molecule has 3 heterocycles. The van der Waals surface area contributed by atoms with E-state index in [0.29, 0.717) is 5.82 Å². The van der Waals surface area contributed by atoms with E-state index < -0.39 is 0 Å². The number of aromatic nitrogens is 3. The van der Waals surface area contributed by atoms with E-state index in [4.69, 9.17) is 4.98 Å². The maximum absolute atomic E-state index is 14.1. The predicted molar refractivity (Wildman–Crippen MR) is 134 cm³/mol. The van der Waals surface area contributed by atoms with Crippen molar-refractivity contribution < 1.29 is 4.39 Å². The largest absolute Gasteiger partial charge is 0.362 e. The molecule has 3 aromatic rings. The van der Waals surface area contributed by atoms with Crippen LogP contribution in [0, 0.1) is 26.6 Å². The van der Waals surface area contributed by atoms with Gasteiger partial charge in [-0.1, -0.05) is 0 Å². The molecule has 1 N–H and O–H groups in total. The topological polar surface area (TPSA) is 57.2 Å². The highest BCUT2D eigenvalue weighted by Crippen LogP contribution is 2.33. The molecule has 0 radical (unpaired) electrons. The first-order valence-electron chi connectivity index (χ1n) is 11.7. The van der Waals surface area contributed by atoms with Crippen molar-refractivity contribution >= 4 is 22.4 Å². The van der Waals surface area contributed by atoms with Gasteiger partial charge in [-0.3, -0.25) is 0 Å². The van der Waals surface area contributed by atoms with Gasteiger partial charge in [0.1, 0.15) is 11.6 Å². The summed E-state index contributed by atoms with van der Waals surface area (Å²) in [5.74, 6) is 1.44. The summed E-state index contributed by atoms with van der Waals surface area (Å²) in [7, 11) is 4.32. The Kier molecular flexibility index (Phi) is 6.27. The SMILES string of the molecule is Cc1cc(F)cc([C@@H](C)Nc2nnc(C)c3cnc(N4CCC(C)(N(C)C)CC4)cc23)c1C. The fourth-order valence-electron chi connectivity index (χ4n) is 4.68. The average Bonchev–Trinajstić information content (AvgIpc) is 2.78. The van der Waals surface area contributed by atoms with Crippen LogP contribution in [0.15, 0.2) is 24.4 Å². The Labute approximate surface area is 196 Å². The molecule has 0 aliphatic carbocycles. The maximum Gasteiger partial charge on any atom is 0.157 e. The van der Waals surface area contributed by atoms with Gasteiger partial charge in [-0.25, -0.2) is 9.37 Å². The van der Waals surface area contributed by atoms with Crippen molar-refractivity contribution in [2.24, 2.45) is 0 Å². The Morgan fingerprint density at radius 3 is 2.42 bits per heavy atom. The first-order valence-corrected chi connectivity index (χ1v) is 11.7. The molecule has 0 amide bonds. The molecule has 4 rings (SSSR count). The van der Waals surface area contributed by atoms with Crippen LogP contribution in [0.3, 0.4) is 0 Å². The lowest BCUT2D eigenvalue weighted by molar-refractivity contribution is 0.137. The molecule has 0 bridgehead atoms. The van der Waals surface area contributed by atoms with Crippen molar-refractivity contribution in [3.63, 3.8) is 0 Å². The zero-order valence-corrected chi connectivity index (χ0v) is 20.8. The molecular weight excluding hydrogens is 415 g/mol. The van der Waals surface area contributed by atoms with Crippen LogP contribution >= 0.6 is 0 Å². The van der Waals surface area contributed by atoms with E-state index in [0.717, 1.165) is 64.9 Å². The van der Waals surface area contributed by atoms with Crippen LogP contribution in [0.25, 0.3) is 10.8 Å². The summed E-state index contributed by atoms with van der Waals surface area (Å²) in [6.07, 6.45) is 4.09. The van der Waals surface area contributed by atoms with Gasteiger partial charge >= 0.3 is 0 Å². The third kappa shape index (κ3) is 4.51. The number of halogens is 1. The van der Waals surface area contributed by atoms with E-state index in [1.165, 1.54) is 0 Å². The standard InChI is InChI=1S/C26H35FN6/c1-16-12-20(27)13-21(17(16)2)18(3)29-25-22-14-24(28-15-23(22)19(4)30-31-25)33-10-8-26(5,9-11-33)32(6)7/h12-15,18H,8-11H2,1-7H3,(H,29,31)/t18-/m1/s1. The third-order valence-electron chi connectivity index (χ3n) is 7.57. The molecule has 7 heteroatoms. The van der Waals surface area contributed by atoms with Gasteiger partial charge in [0.2, 0.25) is 0 Å². The molecule has 1 atom stereocenters. The predicted octanol–water partition coefficient (Wildman–Crippen LogP) is 5.18. The number of pyridine rings is 1. The molecule has 0 spiro atoms. The normalized spacial score (nSPS) is 16.9. The first-order chi connectivity index (χ1) is 15.6. The zero-order valence-electron chi connectivity index (χ0n) is 20.8. The Hall–Kier alpha value is -2.80. The smallest absolute Gasteiger partial charge is 0.157 e. The third-order valence-corrected chi connectivity index (χ3v) is 7.57. The summed E-state index contributed by atoms with van der Waals surface area (Å²) in [5.41, 5.74) is 4.02. The van der Waals surface area contributed by atoms with Crippen LogP contribution in [0.2, 0.25) is 0 Å². The molecule has 1 fully saturated rings. The van der Waals surface area contributed by atoms with Gasteiger partial charge in [0.25, 0.3) is 0 Å². The van der Waals surface area contributed by atoms with Crippen LogP contribution in [-0.4, -0.2) is 52.8 Å². The van der Waals surface area contributed by atoms with E-state index in [9.17, 15) is 4.39 Å². The number of hydrogen-bond donors (Lipinski definition) is 1. The molecule has 176 valence electrons. The molecule has 0 saturated carbocycles. The monoisotopic (exact) mass is 450 g/mol. The Balaban J connectivity index is 1.65. The summed E-state index contributed by atoms with van der Waals surface area (Å²) in [5, 5.41) is 14.3. The van der Waals surface area contributed by atoms with Crippen molar-refractivity contribution in [2.75, 3.05) is 37.4 Å². The van der Waals surface area contributed by atoms with Crippen LogP contribution in [0.5, 0.6) is 0 Å². The zero-order chi connectivity index (χ0) is 23.9. The number of aryl methyl sites for hydroxylation is 2. The number of hydrogen-bond acceptors (Lipinski definition) is 6. The van der Waals surface area contributed by atoms with Crippen molar-refractivity contribution in [3.8, 4) is 0 Å². The van der Waals surface area contributed by atoms with Gasteiger partial charge in [-0.15, -0.1) is 5.10 Å². The van der Waals surface area contributed by atoms with Gasteiger partial charge < -0.3 is 15.1 Å². The number of benzene rings is 1. The number of piperidine rings is 1. The van der Waals surface area contributed by atoms with E-state index in [1.54, 1.807) is 12.1 Å². The lowest BCUT2D eigenvalue weighted by Crippen LogP contribution is -2.50. The van der Waals surface area contributed by atoms with Crippen molar-refractivity contribution in [3.05, 3.63) is 52.6 Å². The highest BCUT2D eigenvalue weighted by atomic mass is 19.1. The Morgan fingerprint density at radius 1 is 1.06 bits per heavy atom. The summed E-state index contributed by atoms with van der Waals surface area (Å²) in [6.45, 7) is 12.2. The fourth-order valence-corrected chi connectivity index (χ4v) is 4.68. The lowest BCUT2D eigenvalue weighted by atomic mass is 9.88. The Bertz CT molecular complexity index is 1170. The van der Waals surface area contributed by atoms with E-state index in [-0.39, 0.29) is 17.4 Å². The van der Waals surface area contributed by atoms with Crippen molar-refractivity contribution in [2.45, 2.75) is 59.0 Å². The van der Waals surface area contributed by atoms with Gasteiger partial charge in [0, 0.05) is 35.6 Å². The number of nitrogens with zero attached hydrogens (tertiary/aromatic N) is 5. The molecule has 2 aromatic heterocycles. The minimum absolute atomic E-state index is 0.119. The van der Waals surface area contributed by atoms with Gasteiger partial charge in [0.05, 0.1) is 11.7 Å². The highest BCUT2D eigenvalue weighted by molar-refractivity contribution is 5.94. The molecule has 33 heavy (non-hydrogen) atoms. The summed E-state index contributed by atoms with van der Waals surface area (Å²) in [4.78, 5) is 9.45. The second-order valence-electron chi connectivity index (χ2n) is 9.90. The second-order valence-corrected chi connectivity index (χ2v) is 9.90. The number of fused-ring (bicyclic) bond motifs is 1. The maximum atomic E-state index is 14.1. The summed E-state index contributed by atoms with van der Waals surface area (Å²) in [6, 6.07) is 5.18. The Morgan fingerprint density at radius 2 is 1.76 bits per heavy atom. The van der Waals surface area contributed by atoms with Crippen molar-refractivity contribution in [1.29, 1.82) is 0 Å². The fraction of sp³-hybridized carbons (Fsp3) is 0.500. The van der Waals surface area contributed by atoms with Crippen LogP contribution in [0.1, 0.15) is 55.1 Å². The highest BCUT2D eigenvalue weighted by Gasteiger charge is 2.32. The van der Waals surface area contributed by atoms with Crippen LogP contribution in [-0.2, 0) is 0 Å². The molecule has 6 nitrogen and oxygen atoms in total. The minimum atomic E-state index is -0.220. The first kappa shape index (κ1) is 23.4. The molecule has 0 unspecified atom stereocenters. The van der Waals surface area contributed by atoms with Crippen LogP contribution < -0.4 is 10.2 Å². The number of anilines is 2. The number of rotatable bonds is 5. The van der Waals surface area contributed by atoms with E-state index in [2.05, 4.69) is 52.4 Å². The molecule has 1 aliphatic heterocycles. The molecule has 1 aliphatic rings. The van der Waals surface area contributed by atoms with Gasteiger partial charge in [-0.2, -0.15) is 5.10 Å². The average molecular weight is 451 g/mol. The molecular formula is C26H35FN6. The summed E-state index contributed by atoms with van der Waals surface area (Å²) < 4.78 is 14.1. The second kappa shape index (κ2) is 8.86.